The number of anilines is 1. The topological polar surface area (TPSA) is 58.3 Å². The maximum absolute atomic E-state index is 5.32. The monoisotopic (exact) mass is 329 g/mol. The first-order chi connectivity index (χ1) is 11.3. The lowest BCUT2D eigenvalue weighted by Gasteiger charge is -2.35. The van der Waals surface area contributed by atoms with Gasteiger partial charge in [0, 0.05) is 43.7 Å². The summed E-state index contributed by atoms with van der Waals surface area (Å²) in [5, 5.41) is 3.96. The molecule has 3 heterocycles. The summed E-state index contributed by atoms with van der Waals surface area (Å²) < 4.78 is 5.32. The number of aromatic nitrogens is 3. The Labute approximate surface area is 143 Å². The summed E-state index contributed by atoms with van der Waals surface area (Å²) in [5.74, 6) is 2.83. The molecule has 2 aromatic rings. The fraction of sp³-hybridized carbons (Fsp3) is 0.611. The molecule has 1 saturated heterocycles. The fourth-order valence-electron chi connectivity index (χ4n) is 2.94. The normalized spacial score (nSPS) is 16.6. The summed E-state index contributed by atoms with van der Waals surface area (Å²) in [5.41, 5.74) is 2.08. The molecule has 0 unspecified atom stereocenters. The van der Waals surface area contributed by atoms with Crippen LogP contribution in [0.4, 0.5) is 5.82 Å². The smallest absolute Gasteiger partial charge is 0.150 e. The minimum Gasteiger partial charge on any atom is -0.360 e. The summed E-state index contributed by atoms with van der Waals surface area (Å²) in [7, 11) is 0. The van der Waals surface area contributed by atoms with Gasteiger partial charge in [0.25, 0.3) is 0 Å². The van der Waals surface area contributed by atoms with E-state index in [-0.39, 0.29) is 5.41 Å². The van der Waals surface area contributed by atoms with Crippen molar-refractivity contribution in [1.82, 2.24) is 20.0 Å². The lowest BCUT2D eigenvalue weighted by atomic mass is 9.92. The Balaban J connectivity index is 1.65. The minimum atomic E-state index is 0.0361. The van der Waals surface area contributed by atoms with Crippen LogP contribution in [0.25, 0.3) is 0 Å². The average Bonchev–Trinajstić information content (AvgIpc) is 2.91. The average molecular weight is 329 g/mol. The summed E-state index contributed by atoms with van der Waals surface area (Å²) in [6.45, 7) is 15.2. The van der Waals surface area contributed by atoms with E-state index in [0.29, 0.717) is 0 Å². The Bertz CT molecular complexity index is 696. The van der Waals surface area contributed by atoms with Gasteiger partial charge in [-0.25, -0.2) is 9.97 Å². The zero-order valence-electron chi connectivity index (χ0n) is 15.3. The summed E-state index contributed by atoms with van der Waals surface area (Å²) in [6.07, 6.45) is 0. The van der Waals surface area contributed by atoms with E-state index in [2.05, 4.69) is 51.8 Å². The molecule has 2 aromatic heterocycles. The first-order valence-electron chi connectivity index (χ1n) is 8.57. The number of hydrogen-bond acceptors (Lipinski definition) is 6. The van der Waals surface area contributed by atoms with Crippen LogP contribution in [0.1, 0.15) is 43.7 Å². The predicted octanol–water partition coefficient (Wildman–Crippen LogP) is 2.70. The van der Waals surface area contributed by atoms with Crippen molar-refractivity contribution in [3.8, 4) is 0 Å². The van der Waals surface area contributed by atoms with E-state index in [1.54, 1.807) is 0 Å². The first kappa shape index (κ1) is 16.9. The van der Waals surface area contributed by atoms with E-state index in [9.17, 15) is 0 Å². The van der Waals surface area contributed by atoms with Crippen molar-refractivity contribution in [1.29, 1.82) is 0 Å². The van der Waals surface area contributed by atoms with E-state index in [0.717, 1.165) is 61.5 Å². The molecular formula is C18H27N5O. The van der Waals surface area contributed by atoms with Crippen molar-refractivity contribution in [2.45, 2.75) is 46.6 Å². The molecule has 3 rings (SSSR count). The van der Waals surface area contributed by atoms with Crippen LogP contribution in [0.2, 0.25) is 0 Å². The van der Waals surface area contributed by atoms with E-state index in [1.807, 2.05) is 19.9 Å². The lowest BCUT2D eigenvalue weighted by Crippen LogP contribution is -2.46. The van der Waals surface area contributed by atoms with Crippen molar-refractivity contribution in [3.05, 3.63) is 35.1 Å². The molecule has 0 atom stereocenters. The molecular weight excluding hydrogens is 302 g/mol. The molecule has 1 aliphatic rings. The molecule has 0 bridgehead atoms. The van der Waals surface area contributed by atoms with Gasteiger partial charge in [0.05, 0.1) is 17.9 Å². The molecule has 0 spiro atoms. The van der Waals surface area contributed by atoms with Gasteiger partial charge < -0.3 is 9.42 Å². The Morgan fingerprint density at radius 3 is 2.33 bits per heavy atom. The van der Waals surface area contributed by atoms with Crippen molar-refractivity contribution < 1.29 is 4.52 Å². The summed E-state index contributed by atoms with van der Waals surface area (Å²) in [4.78, 5) is 14.0. The summed E-state index contributed by atoms with van der Waals surface area (Å²) in [6, 6.07) is 4.15. The standard InChI is InChI=1S/C18H27N5O/c1-13-10-15(24-21-13)12-22-6-8-23(9-7-22)17-11-16(18(3,4)5)19-14(2)20-17/h10-11H,6-9,12H2,1-5H3. The zero-order chi connectivity index (χ0) is 17.3. The highest BCUT2D eigenvalue weighted by atomic mass is 16.5. The predicted molar refractivity (Wildman–Crippen MR) is 94.2 cm³/mol. The fourth-order valence-corrected chi connectivity index (χ4v) is 2.94. The Morgan fingerprint density at radius 2 is 1.75 bits per heavy atom. The van der Waals surface area contributed by atoms with Crippen LogP contribution >= 0.6 is 0 Å². The van der Waals surface area contributed by atoms with Gasteiger partial charge in [-0.2, -0.15) is 0 Å². The Hall–Kier alpha value is -1.95. The van der Waals surface area contributed by atoms with Crippen molar-refractivity contribution in [2.75, 3.05) is 31.1 Å². The molecule has 1 aliphatic heterocycles. The van der Waals surface area contributed by atoms with Gasteiger partial charge >= 0.3 is 0 Å². The highest BCUT2D eigenvalue weighted by Gasteiger charge is 2.22. The second-order valence-electron chi connectivity index (χ2n) is 7.61. The van der Waals surface area contributed by atoms with Gasteiger partial charge in [-0.1, -0.05) is 25.9 Å². The second-order valence-corrected chi connectivity index (χ2v) is 7.61. The lowest BCUT2D eigenvalue weighted by molar-refractivity contribution is 0.219. The van der Waals surface area contributed by atoms with Crippen LogP contribution < -0.4 is 4.90 Å². The van der Waals surface area contributed by atoms with Crippen molar-refractivity contribution >= 4 is 5.82 Å². The van der Waals surface area contributed by atoms with Crippen molar-refractivity contribution in [2.24, 2.45) is 0 Å². The highest BCUT2D eigenvalue weighted by Crippen LogP contribution is 2.24. The van der Waals surface area contributed by atoms with E-state index < -0.39 is 0 Å². The third-order valence-electron chi connectivity index (χ3n) is 4.35. The third kappa shape index (κ3) is 3.93. The number of rotatable bonds is 3. The number of hydrogen-bond donors (Lipinski definition) is 0. The van der Waals surface area contributed by atoms with E-state index in [4.69, 9.17) is 4.52 Å². The number of aryl methyl sites for hydroxylation is 2. The maximum Gasteiger partial charge on any atom is 0.150 e. The molecule has 0 aliphatic carbocycles. The third-order valence-corrected chi connectivity index (χ3v) is 4.35. The van der Waals surface area contributed by atoms with Gasteiger partial charge in [-0.05, 0) is 13.8 Å². The molecule has 6 heteroatoms. The Kier molecular flexibility index (Phi) is 4.58. The molecule has 0 N–H and O–H groups in total. The number of nitrogens with zero attached hydrogens (tertiary/aromatic N) is 5. The van der Waals surface area contributed by atoms with Crippen molar-refractivity contribution in [3.63, 3.8) is 0 Å². The van der Waals surface area contributed by atoms with E-state index in [1.165, 1.54) is 0 Å². The second kappa shape index (κ2) is 6.51. The molecule has 0 amide bonds. The SMILES string of the molecule is Cc1cc(CN2CCN(c3cc(C(C)(C)C)nc(C)n3)CC2)on1. The van der Waals surface area contributed by atoms with Crippen LogP contribution in [0, 0.1) is 13.8 Å². The van der Waals surface area contributed by atoms with E-state index >= 15 is 0 Å². The van der Waals surface area contributed by atoms with Crippen LogP contribution in [0.5, 0.6) is 0 Å². The molecule has 0 radical (unpaired) electrons. The summed E-state index contributed by atoms with van der Waals surface area (Å²) >= 11 is 0. The molecule has 1 fully saturated rings. The molecule has 24 heavy (non-hydrogen) atoms. The Morgan fingerprint density at radius 1 is 1.04 bits per heavy atom. The quantitative estimate of drug-likeness (QED) is 0.863. The minimum absolute atomic E-state index is 0.0361. The molecule has 0 saturated carbocycles. The van der Waals surface area contributed by atoms with Crippen LogP contribution in [0.3, 0.4) is 0 Å². The van der Waals surface area contributed by atoms with Gasteiger partial charge in [0.1, 0.15) is 11.6 Å². The van der Waals surface area contributed by atoms with Gasteiger partial charge in [-0.3, -0.25) is 4.90 Å². The van der Waals surface area contributed by atoms with Gasteiger partial charge in [0.15, 0.2) is 5.76 Å². The number of piperazine rings is 1. The molecule has 0 aromatic carbocycles. The molecule has 130 valence electrons. The highest BCUT2D eigenvalue weighted by molar-refractivity contribution is 5.42. The largest absolute Gasteiger partial charge is 0.360 e. The van der Waals surface area contributed by atoms with Crippen LogP contribution in [-0.2, 0) is 12.0 Å². The van der Waals surface area contributed by atoms with Gasteiger partial charge in [0.2, 0.25) is 0 Å². The van der Waals surface area contributed by atoms with Gasteiger partial charge in [-0.15, -0.1) is 0 Å². The van der Waals surface area contributed by atoms with Crippen LogP contribution in [0.15, 0.2) is 16.7 Å². The van der Waals surface area contributed by atoms with Crippen LogP contribution in [-0.4, -0.2) is 46.2 Å². The first-order valence-corrected chi connectivity index (χ1v) is 8.57. The zero-order valence-corrected chi connectivity index (χ0v) is 15.3. The maximum atomic E-state index is 5.32. The molecule has 6 nitrogen and oxygen atoms in total.